The van der Waals surface area contributed by atoms with Gasteiger partial charge in [-0.15, -0.1) is 0 Å². The molecule has 0 saturated carbocycles. The molecular formula is C22H19F3N2O2. The van der Waals surface area contributed by atoms with E-state index in [1.54, 1.807) is 0 Å². The van der Waals surface area contributed by atoms with E-state index >= 15 is 0 Å². The molecule has 7 heteroatoms. The van der Waals surface area contributed by atoms with Crippen molar-refractivity contribution >= 4 is 0 Å². The highest BCUT2D eigenvalue weighted by Crippen LogP contribution is 2.41. The highest BCUT2D eigenvalue weighted by Gasteiger charge is 2.38. The van der Waals surface area contributed by atoms with Gasteiger partial charge in [-0.3, -0.25) is 4.79 Å². The summed E-state index contributed by atoms with van der Waals surface area (Å²) < 4.78 is 40.2. The van der Waals surface area contributed by atoms with Crippen molar-refractivity contribution in [2.75, 3.05) is 0 Å². The summed E-state index contributed by atoms with van der Waals surface area (Å²) in [6.07, 6.45) is -3.33. The predicted molar refractivity (Wildman–Crippen MR) is 104 cm³/mol. The molecule has 1 atom stereocenters. The summed E-state index contributed by atoms with van der Waals surface area (Å²) in [5.74, 6) is 0. The number of aromatic nitrogens is 2. The number of fused-ring (bicyclic) bond motifs is 3. The van der Waals surface area contributed by atoms with Gasteiger partial charge in [0.1, 0.15) is 0 Å². The molecule has 0 bridgehead atoms. The first-order valence-electron chi connectivity index (χ1n) is 9.31. The van der Waals surface area contributed by atoms with E-state index in [1.807, 2.05) is 38.1 Å². The van der Waals surface area contributed by atoms with Crippen LogP contribution in [0.5, 0.6) is 0 Å². The fourth-order valence-electron chi connectivity index (χ4n) is 4.08. The van der Waals surface area contributed by atoms with Crippen molar-refractivity contribution in [2.45, 2.75) is 38.3 Å². The fraction of sp³-hybridized carbons (Fsp3) is 0.273. The van der Waals surface area contributed by atoms with Crippen molar-refractivity contribution in [2.24, 2.45) is 0 Å². The quantitative estimate of drug-likeness (QED) is 0.692. The molecule has 29 heavy (non-hydrogen) atoms. The first-order chi connectivity index (χ1) is 13.7. The maximum absolute atomic E-state index is 13.4. The Hall–Kier alpha value is -3.09. The number of hydrogen-bond donors (Lipinski definition) is 1. The van der Waals surface area contributed by atoms with Crippen molar-refractivity contribution in [3.8, 4) is 16.9 Å². The number of nitrogens with one attached hydrogen (secondary N) is 1. The molecule has 4 rings (SSSR count). The van der Waals surface area contributed by atoms with E-state index in [0.29, 0.717) is 24.1 Å². The second kappa shape index (κ2) is 6.47. The normalized spacial score (nSPS) is 18.2. The third kappa shape index (κ3) is 3.01. The van der Waals surface area contributed by atoms with Crippen LogP contribution in [0.15, 0.2) is 58.1 Å². The lowest BCUT2D eigenvalue weighted by atomic mass is 9.69. The zero-order valence-electron chi connectivity index (χ0n) is 15.9. The van der Waals surface area contributed by atoms with Crippen molar-refractivity contribution in [1.82, 2.24) is 9.55 Å². The molecule has 3 aromatic rings. The van der Waals surface area contributed by atoms with Gasteiger partial charge in [0.05, 0.1) is 16.9 Å². The summed E-state index contributed by atoms with van der Waals surface area (Å²) in [5.41, 5.74) is -0.229. The van der Waals surface area contributed by atoms with Crippen molar-refractivity contribution in [3.05, 3.63) is 86.1 Å². The van der Waals surface area contributed by atoms with Crippen molar-refractivity contribution < 1.29 is 13.2 Å². The Labute approximate surface area is 164 Å². The highest BCUT2D eigenvalue weighted by atomic mass is 19.4. The van der Waals surface area contributed by atoms with Crippen molar-refractivity contribution in [1.29, 1.82) is 0 Å². The lowest BCUT2D eigenvalue weighted by Gasteiger charge is -2.35. The molecule has 1 N–H and O–H groups in total. The predicted octanol–water partition coefficient (Wildman–Crippen LogP) is 4.44. The number of aromatic amines is 1. The lowest BCUT2D eigenvalue weighted by molar-refractivity contribution is -0.137. The smallest absolute Gasteiger partial charge is 0.306 e. The number of benzene rings is 2. The van der Waals surface area contributed by atoms with Crippen molar-refractivity contribution in [3.63, 3.8) is 0 Å². The van der Waals surface area contributed by atoms with E-state index in [9.17, 15) is 22.8 Å². The highest BCUT2D eigenvalue weighted by molar-refractivity contribution is 5.71. The van der Waals surface area contributed by atoms with Gasteiger partial charge in [-0.2, -0.15) is 13.2 Å². The summed E-state index contributed by atoms with van der Waals surface area (Å²) in [4.78, 5) is 29.0. The van der Waals surface area contributed by atoms with E-state index < -0.39 is 28.4 Å². The van der Waals surface area contributed by atoms with Gasteiger partial charge in [-0.05, 0) is 36.6 Å². The summed E-state index contributed by atoms with van der Waals surface area (Å²) in [5, 5.41) is 0. The Kier molecular flexibility index (Phi) is 4.29. The third-order valence-corrected chi connectivity index (χ3v) is 5.78. The van der Waals surface area contributed by atoms with Crippen LogP contribution in [-0.2, 0) is 18.0 Å². The molecule has 0 aliphatic heterocycles. The van der Waals surface area contributed by atoms with Crippen LogP contribution in [-0.4, -0.2) is 9.55 Å². The molecule has 1 heterocycles. The molecule has 4 nitrogen and oxygen atoms in total. The molecular weight excluding hydrogens is 381 g/mol. The van der Waals surface area contributed by atoms with Crippen LogP contribution >= 0.6 is 0 Å². The number of halogens is 3. The Morgan fingerprint density at radius 1 is 1.10 bits per heavy atom. The Balaban J connectivity index is 2.04. The minimum Gasteiger partial charge on any atom is -0.306 e. The Bertz CT molecular complexity index is 1220. The van der Waals surface area contributed by atoms with Gasteiger partial charge in [0.2, 0.25) is 0 Å². The minimum atomic E-state index is -4.57. The maximum Gasteiger partial charge on any atom is 0.416 e. The van der Waals surface area contributed by atoms with E-state index in [2.05, 4.69) is 4.98 Å². The number of H-pyrrole nitrogens is 1. The Morgan fingerprint density at radius 2 is 1.83 bits per heavy atom. The van der Waals surface area contributed by atoms with E-state index in [4.69, 9.17) is 0 Å². The SMILES string of the molecule is CC[C@@]1(C)Cc2ccccc2-c2[nH]c(=O)n(-c3cccc(C(F)(F)F)c3)c(=O)c21. The molecule has 150 valence electrons. The van der Waals surface area contributed by atoms with Crippen LogP contribution in [0.2, 0.25) is 0 Å². The largest absolute Gasteiger partial charge is 0.416 e. The number of nitrogens with zero attached hydrogens (tertiary/aromatic N) is 1. The molecule has 1 aliphatic carbocycles. The van der Waals surface area contributed by atoms with E-state index in [0.717, 1.165) is 27.8 Å². The first-order valence-corrected chi connectivity index (χ1v) is 9.31. The number of alkyl halides is 3. The molecule has 0 radical (unpaired) electrons. The third-order valence-electron chi connectivity index (χ3n) is 5.78. The van der Waals surface area contributed by atoms with Gasteiger partial charge >= 0.3 is 11.9 Å². The van der Waals surface area contributed by atoms with Gasteiger partial charge in [0.15, 0.2) is 0 Å². The van der Waals surface area contributed by atoms with Gasteiger partial charge in [0, 0.05) is 16.5 Å². The fourth-order valence-corrected chi connectivity index (χ4v) is 4.08. The maximum atomic E-state index is 13.4. The van der Waals surface area contributed by atoms with Crippen LogP contribution in [0.1, 0.15) is 37.0 Å². The zero-order chi connectivity index (χ0) is 21.0. The molecule has 0 amide bonds. The average molecular weight is 400 g/mol. The van der Waals surface area contributed by atoms with Gasteiger partial charge < -0.3 is 4.98 Å². The lowest BCUT2D eigenvalue weighted by Crippen LogP contribution is -2.44. The molecule has 2 aromatic carbocycles. The van der Waals surface area contributed by atoms with Crippen LogP contribution in [0.4, 0.5) is 13.2 Å². The van der Waals surface area contributed by atoms with Crippen LogP contribution < -0.4 is 11.2 Å². The van der Waals surface area contributed by atoms with Crippen LogP contribution in [0.25, 0.3) is 16.9 Å². The van der Waals surface area contributed by atoms with Gasteiger partial charge in [-0.25, -0.2) is 9.36 Å². The summed E-state index contributed by atoms with van der Waals surface area (Å²) in [7, 11) is 0. The molecule has 0 fully saturated rings. The van der Waals surface area contributed by atoms with Crippen LogP contribution in [0, 0.1) is 0 Å². The second-order valence-electron chi connectivity index (χ2n) is 7.62. The molecule has 0 unspecified atom stereocenters. The number of rotatable bonds is 2. The summed E-state index contributed by atoms with van der Waals surface area (Å²) >= 11 is 0. The monoisotopic (exact) mass is 400 g/mol. The zero-order valence-corrected chi connectivity index (χ0v) is 15.9. The first kappa shape index (κ1) is 19.2. The molecule has 1 aromatic heterocycles. The number of hydrogen-bond acceptors (Lipinski definition) is 2. The minimum absolute atomic E-state index is 0.105. The topological polar surface area (TPSA) is 54.9 Å². The van der Waals surface area contributed by atoms with Gasteiger partial charge in [-0.1, -0.05) is 44.2 Å². The van der Waals surface area contributed by atoms with Crippen LogP contribution in [0.3, 0.4) is 0 Å². The summed E-state index contributed by atoms with van der Waals surface area (Å²) in [6, 6.07) is 11.8. The summed E-state index contributed by atoms with van der Waals surface area (Å²) in [6.45, 7) is 3.90. The standard InChI is InChI=1S/C22H19F3N2O2/c1-3-21(2)12-13-7-4-5-10-16(13)18-17(21)19(28)27(20(29)26-18)15-9-6-8-14(11-15)22(23,24)25/h4-11H,3,12H2,1-2H3,(H,26,29)/t21-/m0/s1. The molecule has 0 saturated heterocycles. The van der Waals surface area contributed by atoms with E-state index in [1.165, 1.54) is 12.1 Å². The average Bonchev–Trinajstić information content (AvgIpc) is 2.67. The van der Waals surface area contributed by atoms with E-state index in [-0.39, 0.29) is 5.69 Å². The molecule has 0 spiro atoms. The second-order valence-corrected chi connectivity index (χ2v) is 7.62. The Morgan fingerprint density at radius 3 is 2.52 bits per heavy atom. The van der Waals surface area contributed by atoms with Gasteiger partial charge in [0.25, 0.3) is 5.56 Å². The molecule has 1 aliphatic rings.